The summed E-state index contributed by atoms with van der Waals surface area (Å²) in [6, 6.07) is 4.87. The normalized spacial score (nSPS) is 11.8. The summed E-state index contributed by atoms with van der Waals surface area (Å²) < 4.78 is 37.8. The first-order chi connectivity index (χ1) is 14.1. The molecular formula is C19H21F3N6O2. The number of carbonyl (C=O) groups excluding carboxylic acids is 2. The summed E-state index contributed by atoms with van der Waals surface area (Å²) in [6.07, 6.45) is -2.05. The van der Waals surface area contributed by atoms with Crippen LogP contribution in [0.1, 0.15) is 35.1 Å². The second-order valence-electron chi connectivity index (χ2n) is 6.21. The van der Waals surface area contributed by atoms with Crippen LogP contribution in [0.4, 0.5) is 18.9 Å². The van der Waals surface area contributed by atoms with Gasteiger partial charge >= 0.3 is 6.18 Å². The van der Waals surface area contributed by atoms with Crippen molar-refractivity contribution in [3.63, 3.8) is 0 Å². The number of aromatic nitrogens is 2. The van der Waals surface area contributed by atoms with Crippen LogP contribution in [-0.2, 0) is 17.4 Å². The van der Waals surface area contributed by atoms with E-state index in [1.54, 1.807) is 13.0 Å². The van der Waals surface area contributed by atoms with Crippen LogP contribution in [0.2, 0.25) is 0 Å². The van der Waals surface area contributed by atoms with Gasteiger partial charge in [0.1, 0.15) is 5.69 Å². The van der Waals surface area contributed by atoms with Crippen LogP contribution >= 0.6 is 0 Å². The maximum Gasteiger partial charge on any atom is 0.417 e. The van der Waals surface area contributed by atoms with Gasteiger partial charge in [0, 0.05) is 43.8 Å². The fourth-order valence-electron chi connectivity index (χ4n) is 2.38. The number of hydrogen-bond acceptors (Lipinski definition) is 5. The smallest absolute Gasteiger partial charge is 0.369 e. The Morgan fingerprint density at radius 3 is 2.57 bits per heavy atom. The van der Waals surface area contributed by atoms with E-state index >= 15 is 0 Å². The van der Waals surface area contributed by atoms with Crippen molar-refractivity contribution in [2.45, 2.75) is 25.9 Å². The predicted molar refractivity (Wildman–Crippen MR) is 105 cm³/mol. The minimum Gasteiger partial charge on any atom is -0.369 e. The van der Waals surface area contributed by atoms with Gasteiger partial charge in [0.05, 0.1) is 5.56 Å². The predicted octanol–water partition coefficient (Wildman–Crippen LogP) is 2.47. The van der Waals surface area contributed by atoms with Gasteiger partial charge in [-0.25, -0.2) is 0 Å². The molecule has 0 saturated heterocycles. The molecule has 11 heteroatoms. The zero-order valence-corrected chi connectivity index (χ0v) is 16.4. The van der Waals surface area contributed by atoms with Gasteiger partial charge in [0.2, 0.25) is 5.91 Å². The van der Waals surface area contributed by atoms with Crippen molar-refractivity contribution in [2.24, 2.45) is 10.7 Å². The van der Waals surface area contributed by atoms with E-state index in [0.29, 0.717) is 30.5 Å². The van der Waals surface area contributed by atoms with Crippen molar-refractivity contribution in [1.29, 1.82) is 0 Å². The number of carbonyl (C=O) groups is 2. The number of guanidine groups is 1. The van der Waals surface area contributed by atoms with E-state index in [-0.39, 0.29) is 24.0 Å². The average Bonchev–Trinajstić information content (AvgIpc) is 2.71. The largest absolute Gasteiger partial charge is 0.417 e. The number of aliphatic imine (C=N–C) groups is 1. The highest BCUT2D eigenvalue weighted by Crippen LogP contribution is 2.28. The molecule has 2 rings (SSSR count). The standard InChI is InChI=1S/C19H21F3N6O2/c1-3-24-18(23)28(2)16(29)7-5-13-10-14(8-9-25-13)27-17(30)15-6-4-12(11-26-15)19(20,21)22/h4,6,8-11H,3,5,7H2,1-2H3,(H2,23,24)(H,25,27,30). The first-order valence-corrected chi connectivity index (χ1v) is 8.97. The molecule has 160 valence electrons. The topological polar surface area (TPSA) is 114 Å². The lowest BCUT2D eigenvalue weighted by atomic mass is 10.2. The minimum absolute atomic E-state index is 0.125. The van der Waals surface area contributed by atoms with Crippen LogP contribution in [0.3, 0.4) is 0 Å². The lowest BCUT2D eigenvalue weighted by Crippen LogP contribution is -2.39. The number of alkyl halides is 3. The van der Waals surface area contributed by atoms with Crippen LogP contribution < -0.4 is 11.1 Å². The van der Waals surface area contributed by atoms with Crippen molar-refractivity contribution in [3.05, 3.63) is 53.6 Å². The molecule has 0 saturated carbocycles. The Balaban J connectivity index is 1.99. The van der Waals surface area contributed by atoms with E-state index < -0.39 is 17.6 Å². The number of amides is 2. The first kappa shape index (κ1) is 22.8. The van der Waals surface area contributed by atoms with Crippen LogP contribution in [0.15, 0.2) is 41.7 Å². The molecule has 0 aliphatic carbocycles. The molecule has 8 nitrogen and oxygen atoms in total. The fraction of sp³-hybridized carbons (Fsp3) is 0.316. The maximum absolute atomic E-state index is 12.6. The number of nitrogens with two attached hydrogens (primary N) is 1. The van der Waals surface area contributed by atoms with E-state index in [1.165, 1.54) is 24.2 Å². The van der Waals surface area contributed by atoms with E-state index in [9.17, 15) is 22.8 Å². The second-order valence-corrected chi connectivity index (χ2v) is 6.21. The highest BCUT2D eigenvalue weighted by molar-refractivity contribution is 6.02. The molecule has 2 amide bonds. The molecule has 0 atom stereocenters. The molecule has 0 radical (unpaired) electrons. The van der Waals surface area contributed by atoms with Gasteiger partial charge in [-0.3, -0.25) is 29.4 Å². The summed E-state index contributed by atoms with van der Waals surface area (Å²) >= 11 is 0. The summed E-state index contributed by atoms with van der Waals surface area (Å²) in [4.78, 5) is 37.3. The number of nitrogens with zero attached hydrogens (tertiary/aromatic N) is 4. The lowest BCUT2D eigenvalue weighted by molar-refractivity contribution is -0.137. The molecule has 0 aliphatic rings. The molecule has 0 fully saturated rings. The first-order valence-electron chi connectivity index (χ1n) is 8.97. The van der Waals surface area contributed by atoms with Crippen molar-refractivity contribution in [1.82, 2.24) is 14.9 Å². The third kappa shape index (κ3) is 6.26. The van der Waals surface area contributed by atoms with Gasteiger partial charge in [0.25, 0.3) is 5.91 Å². The Bertz CT molecular complexity index is 929. The van der Waals surface area contributed by atoms with Crippen LogP contribution in [0.25, 0.3) is 0 Å². The van der Waals surface area contributed by atoms with Gasteiger partial charge in [-0.15, -0.1) is 0 Å². The number of aryl methyl sites for hydroxylation is 1. The molecule has 0 aromatic carbocycles. The van der Waals surface area contributed by atoms with Crippen molar-refractivity contribution < 1.29 is 22.8 Å². The molecule has 0 bridgehead atoms. The Hall–Kier alpha value is -3.50. The summed E-state index contributed by atoms with van der Waals surface area (Å²) in [5.41, 5.74) is 5.50. The average molecular weight is 422 g/mol. The van der Waals surface area contributed by atoms with Gasteiger partial charge in [0.15, 0.2) is 5.96 Å². The monoisotopic (exact) mass is 422 g/mol. The van der Waals surface area contributed by atoms with Crippen molar-refractivity contribution in [3.8, 4) is 0 Å². The van der Waals surface area contributed by atoms with Gasteiger partial charge < -0.3 is 11.1 Å². The zero-order valence-electron chi connectivity index (χ0n) is 16.4. The minimum atomic E-state index is -4.53. The molecule has 2 aromatic heterocycles. The summed E-state index contributed by atoms with van der Waals surface area (Å²) in [6.45, 7) is 2.26. The molecule has 2 aromatic rings. The van der Waals surface area contributed by atoms with E-state index in [0.717, 1.165) is 12.1 Å². The third-order valence-electron chi connectivity index (χ3n) is 4.03. The molecule has 3 N–H and O–H groups in total. The molecular weight excluding hydrogens is 401 g/mol. The Kier molecular flexibility index (Phi) is 7.45. The highest BCUT2D eigenvalue weighted by Gasteiger charge is 2.30. The lowest BCUT2D eigenvalue weighted by Gasteiger charge is -2.15. The number of hydrogen-bond donors (Lipinski definition) is 2. The zero-order chi connectivity index (χ0) is 22.3. The summed E-state index contributed by atoms with van der Waals surface area (Å²) in [5.74, 6) is -0.782. The number of nitrogens with one attached hydrogen (secondary N) is 1. The van der Waals surface area contributed by atoms with E-state index in [2.05, 4.69) is 20.3 Å². The Morgan fingerprint density at radius 2 is 1.97 bits per heavy atom. The van der Waals surface area contributed by atoms with Gasteiger partial charge in [-0.05, 0) is 37.6 Å². The fourth-order valence-corrected chi connectivity index (χ4v) is 2.38. The van der Waals surface area contributed by atoms with Crippen LogP contribution in [0, 0.1) is 0 Å². The quantitative estimate of drug-likeness (QED) is 0.548. The maximum atomic E-state index is 12.6. The SMILES string of the molecule is CCN=C(N)N(C)C(=O)CCc1cc(NC(=O)c2ccc(C(F)(F)F)cn2)ccn1. The summed E-state index contributed by atoms with van der Waals surface area (Å²) in [7, 11) is 1.53. The van der Waals surface area contributed by atoms with Crippen molar-refractivity contribution >= 4 is 23.5 Å². The molecule has 30 heavy (non-hydrogen) atoms. The molecule has 0 unspecified atom stereocenters. The van der Waals surface area contributed by atoms with Crippen molar-refractivity contribution in [2.75, 3.05) is 18.9 Å². The number of anilines is 1. The Labute approximate surface area is 171 Å². The summed E-state index contributed by atoms with van der Waals surface area (Å²) in [5, 5.41) is 2.55. The van der Waals surface area contributed by atoms with E-state index in [4.69, 9.17) is 5.73 Å². The van der Waals surface area contributed by atoms with Gasteiger partial charge in [-0.1, -0.05) is 0 Å². The number of pyridine rings is 2. The third-order valence-corrected chi connectivity index (χ3v) is 4.03. The van der Waals surface area contributed by atoms with E-state index in [1.807, 2.05) is 0 Å². The molecule has 2 heterocycles. The second kappa shape index (κ2) is 9.81. The van der Waals surface area contributed by atoms with Crippen LogP contribution in [0.5, 0.6) is 0 Å². The van der Waals surface area contributed by atoms with Crippen LogP contribution in [-0.4, -0.2) is 46.2 Å². The van der Waals surface area contributed by atoms with Gasteiger partial charge in [-0.2, -0.15) is 13.2 Å². The number of rotatable bonds is 6. The highest BCUT2D eigenvalue weighted by atomic mass is 19.4. The Morgan fingerprint density at radius 1 is 1.23 bits per heavy atom. The molecule has 0 spiro atoms. The number of halogens is 3. The molecule has 0 aliphatic heterocycles.